The molecule has 4 nitrogen and oxygen atoms in total. The van der Waals surface area contributed by atoms with Crippen LogP contribution in [0.1, 0.15) is 38.5 Å². The molecule has 0 aromatic heterocycles. The smallest absolute Gasteiger partial charge is 0.0708 e. The Balaban J connectivity index is 1.50. The summed E-state index contributed by atoms with van der Waals surface area (Å²) in [5, 5.41) is 3.57. The third-order valence-corrected chi connectivity index (χ3v) is 3.92. The van der Waals surface area contributed by atoms with Gasteiger partial charge in [-0.2, -0.15) is 0 Å². The SMILES string of the molecule is COCCOCCOC1(CCNC2CC2)CCC1. The van der Waals surface area contributed by atoms with Gasteiger partial charge in [-0.15, -0.1) is 0 Å². The van der Waals surface area contributed by atoms with E-state index < -0.39 is 0 Å². The molecule has 0 bridgehead atoms. The van der Waals surface area contributed by atoms with E-state index in [4.69, 9.17) is 14.2 Å². The zero-order valence-corrected chi connectivity index (χ0v) is 11.6. The Labute approximate surface area is 110 Å². The summed E-state index contributed by atoms with van der Waals surface area (Å²) >= 11 is 0. The second kappa shape index (κ2) is 7.43. The molecule has 2 rings (SSSR count). The molecule has 18 heavy (non-hydrogen) atoms. The molecule has 1 N–H and O–H groups in total. The van der Waals surface area contributed by atoms with Crippen LogP contribution in [-0.2, 0) is 14.2 Å². The van der Waals surface area contributed by atoms with E-state index in [0.717, 1.165) is 19.0 Å². The normalized spacial score (nSPS) is 21.8. The summed E-state index contributed by atoms with van der Waals surface area (Å²) in [5.41, 5.74) is 0.159. The van der Waals surface area contributed by atoms with Gasteiger partial charge in [0.25, 0.3) is 0 Å². The molecule has 0 spiro atoms. The molecule has 0 aromatic carbocycles. The Morgan fingerprint density at radius 2 is 1.89 bits per heavy atom. The number of hydrogen-bond donors (Lipinski definition) is 1. The van der Waals surface area contributed by atoms with Gasteiger partial charge >= 0.3 is 0 Å². The van der Waals surface area contributed by atoms with Crippen LogP contribution in [0.3, 0.4) is 0 Å². The van der Waals surface area contributed by atoms with Crippen molar-refractivity contribution in [3.63, 3.8) is 0 Å². The Morgan fingerprint density at radius 3 is 2.50 bits per heavy atom. The van der Waals surface area contributed by atoms with Crippen LogP contribution in [0.15, 0.2) is 0 Å². The molecule has 0 aliphatic heterocycles. The van der Waals surface area contributed by atoms with E-state index in [9.17, 15) is 0 Å². The third-order valence-electron chi connectivity index (χ3n) is 3.92. The number of hydrogen-bond acceptors (Lipinski definition) is 4. The van der Waals surface area contributed by atoms with E-state index in [0.29, 0.717) is 26.4 Å². The predicted molar refractivity (Wildman–Crippen MR) is 70.9 cm³/mol. The molecule has 0 unspecified atom stereocenters. The largest absolute Gasteiger partial charge is 0.382 e. The second-order valence-electron chi connectivity index (χ2n) is 5.47. The molecule has 2 saturated carbocycles. The molecule has 106 valence electrons. The average Bonchev–Trinajstić information content (AvgIpc) is 3.13. The molecule has 0 heterocycles. The molecule has 2 fully saturated rings. The van der Waals surface area contributed by atoms with Gasteiger partial charge in [-0.05, 0) is 45.1 Å². The lowest BCUT2D eigenvalue weighted by molar-refractivity contribution is -0.119. The van der Waals surface area contributed by atoms with Crippen molar-refractivity contribution >= 4 is 0 Å². The van der Waals surface area contributed by atoms with Crippen molar-refractivity contribution in [3.8, 4) is 0 Å². The molecular formula is C14H27NO3. The molecule has 4 heteroatoms. The first-order chi connectivity index (χ1) is 8.85. The van der Waals surface area contributed by atoms with E-state index in [-0.39, 0.29) is 5.60 Å². The Morgan fingerprint density at radius 1 is 1.11 bits per heavy atom. The lowest BCUT2D eigenvalue weighted by Gasteiger charge is -2.42. The predicted octanol–water partition coefficient (Wildman–Crippen LogP) is 1.73. The lowest BCUT2D eigenvalue weighted by Crippen LogP contribution is -2.43. The molecule has 0 aromatic rings. The minimum atomic E-state index is 0.159. The van der Waals surface area contributed by atoms with Gasteiger partial charge in [-0.1, -0.05) is 0 Å². The van der Waals surface area contributed by atoms with E-state index in [1.165, 1.54) is 32.1 Å². The first-order valence-electron chi connectivity index (χ1n) is 7.29. The number of nitrogens with one attached hydrogen (secondary N) is 1. The average molecular weight is 257 g/mol. The van der Waals surface area contributed by atoms with Crippen molar-refractivity contribution in [1.29, 1.82) is 0 Å². The van der Waals surface area contributed by atoms with Crippen molar-refractivity contribution in [2.75, 3.05) is 40.1 Å². The quantitative estimate of drug-likeness (QED) is 0.572. The first-order valence-corrected chi connectivity index (χ1v) is 7.29. The van der Waals surface area contributed by atoms with E-state index in [2.05, 4.69) is 5.32 Å². The van der Waals surface area contributed by atoms with Crippen molar-refractivity contribution in [2.45, 2.75) is 50.2 Å². The van der Waals surface area contributed by atoms with Gasteiger partial charge in [0.1, 0.15) is 0 Å². The van der Waals surface area contributed by atoms with Crippen LogP contribution in [0.25, 0.3) is 0 Å². The molecule has 2 aliphatic rings. The van der Waals surface area contributed by atoms with Crippen molar-refractivity contribution in [3.05, 3.63) is 0 Å². The maximum atomic E-state index is 6.04. The van der Waals surface area contributed by atoms with Gasteiger partial charge in [-0.3, -0.25) is 0 Å². The summed E-state index contributed by atoms with van der Waals surface area (Å²) in [6.07, 6.45) is 7.63. The maximum absolute atomic E-state index is 6.04. The van der Waals surface area contributed by atoms with Crippen LogP contribution in [0, 0.1) is 0 Å². The van der Waals surface area contributed by atoms with Gasteiger partial charge in [-0.25, -0.2) is 0 Å². The van der Waals surface area contributed by atoms with Gasteiger partial charge in [0, 0.05) is 13.2 Å². The molecule has 0 saturated heterocycles. The van der Waals surface area contributed by atoms with Gasteiger partial charge in [0.05, 0.1) is 32.0 Å². The van der Waals surface area contributed by atoms with Gasteiger partial charge < -0.3 is 19.5 Å². The highest BCUT2D eigenvalue weighted by Crippen LogP contribution is 2.38. The number of rotatable bonds is 11. The number of methoxy groups -OCH3 is 1. The topological polar surface area (TPSA) is 39.7 Å². The summed E-state index contributed by atoms with van der Waals surface area (Å²) in [7, 11) is 1.69. The van der Waals surface area contributed by atoms with Crippen LogP contribution in [-0.4, -0.2) is 51.7 Å². The summed E-state index contributed by atoms with van der Waals surface area (Å²) in [6.45, 7) is 3.83. The number of ether oxygens (including phenoxy) is 3. The molecule has 2 aliphatic carbocycles. The first kappa shape index (κ1) is 14.3. The standard InChI is InChI=1S/C14H27NO3/c1-16-9-10-17-11-12-18-14(5-2-6-14)7-8-15-13-3-4-13/h13,15H,2-12H2,1H3. The monoisotopic (exact) mass is 257 g/mol. The van der Waals surface area contributed by atoms with Crippen LogP contribution >= 0.6 is 0 Å². The van der Waals surface area contributed by atoms with Crippen LogP contribution in [0.5, 0.6) is 0 Å². The zero-order valence-electron chi connectivity index (χ0n) is 11.6. The van der Waals surface area contributed by atoms with E-state index in [1.807, 2.05) is 0 Å². The fourth-order valence-electron chi connectivity index (χ4n) is 2.39. The highest BCUT2D eigenvalue weighted by atomic mass is 16.5. The van der Waals surface area contributed by atoms with E-state index >= 15 is 0 Å². The van der Waals surface area contributed by atoms with Crippen LogP contribution < -0.4 is 5.32 Å². The van der Waals surface area contributed by atoms with Crippen molar-refractivity contribution in [2.24, 2.45) is 0 Å². The minimum absolute atomic E-state index is 0.159. The molecule has 0 radical (unpaired) electrons. The fraction of sp³-hybridized carbons (Fsp3) is 1.00. The zero-order chi connectivity index (χ0) is 12.7. The minimum Gasteiger partial charge on any atom is -0.382 e. The lowest BCUT2D eigenvalue weighted by atomic mass is 9.77. The van der Waals surface area contributed by atoms with Gasteiger partial charge in [0.2, 0.25) is 0 Å². The Bertz CT molecular complexity index is 227. The summed E-state index contributed by atoms with van der Waals surface area (Å²) in [5.74, 6) is 0. The molecule has 0 atom stereocenters. The fourth-order valence-corrected chi connectivity index (χ4v) is 2.39. The van der Waals surface area contributed by atoms with E-state index in [1.54, 1.807) is 7.11 Å². The highest BCUT2D eigenvalue weighted by Gasteiger charge is 2.37. The van der Waals surface area contributed by atoms with Crippen LogP contribution in [0.2, 0.25) is 0 Å². The summed E-state index contributed by atoms with van der Waals surface area (Å²) < 4.78 is 16.4. The maximum Gasteiger partial charge on any atom is 0.0708 e. The molecular weight excluding hydrogens is 230 g/mol. The molecule has 0 amide bonds. The summed E-state index contributed by atoms with van der Waals surface area (Å²) in [4.78, 5) is 0. The third kappa shape index (κ3) is 4.84. The van der Waals surface area contributed by atoms with Gasteiger partial charge in [0.15, 0.2) is 0 Å². The highest BCUT2D eigenvalue weighted by molar-refractivity contribution is 4.91. The van der Waals surface area contributed by atoms with Crippen molar-refractivity contribution in [1.82, 2.24) is 5.32 Å². The second-order valence-corrected chi connectivity index (χ2v) is 5.47. The Kier molecular flexibility index (Phi) is 5.89. The van der Waals surface area contributed by atoms with Crippen LogP contribution in [0.4, 0.5) is 0 Å². The Hall–Kier alpha value is -0.160. The van der Waals surface area contributed by atoms with Crippen molar-refractivity contribution < 1.29 is 14.2 Å². The summed E-state index contributed by atoms with van der Waals surface area (Å²) in [6, 6.07) is 0.805.